The molecule has 7 heteroatoms. The average molecular weight is 352 g/mol. The molecule has 136 valence electrons. The van der Waals surface area contributed by atoms with Gasteiger partial charge in [0.15, 0.2) is 0 Å². The first-order chi connectivity index (χ1) is 12.8. The smallest absolute Gasteiger partial charge is 0.0887 e. The van der Waals surface area contributed by atoms with Gasteiger partial charge in [-0.2, -0.15) is 10.2 Å². The van der Waals surface area contributed by atoms with Gasteiger partial charge in [-0.05, 0) is 18.2 Å². The van der Waals surface area contributed by atoms with Crippen molar-refractivity contribution in [2.24, 2.45) is 13.0 Å². The van der Waals surface area contributed by atoms with Crippen LogP contribution in [-0.4, -0.2) is 42.6 Å². The van der Waals surface area contributed by atoms with Crippen molar-refractivity contribution in [3.8, 4) is 0 Å². The molecule has 4 rings (SSSR count). The number of aryl methyl sites for hydroxylation is 1. The Morgan fingerprint density at radius 1 is 1.15 bits per heavy atom. The number of aromatic nitrogens is 5. The second-order valence-electron chi connectivity index (χ2n) is 6.90. The van der Waals surface area contributed by atoms with Gasteiger partial charge in [-0.3, -0.25) is 19.2 Å². The quantitative estimate of drug-likeness (QED) is 0.678. The van der Waals surface area contributed by atoms with Crippen LogP contribution in [0.15, 0.2) is 49.1 Å². The molecule has 0 fully saturated rings. The number of rotatable bonds is 6. The molecule has 1 aliphatic rings. The summed E-state index contributed by atoms with van der Waals surface area (Å²) < 4.78 is 9.92. The van der Waals surface area contributed by atoms with Crippen LogP contribution in [0.2, 0.25) is 0 Å². The molecule has 4 heterocycles. The molecule has 1 atom stereocenters. The zero-order valence-electron chi connectivity index (χ0n) is 15.0. The zero-order chi connectivity index (χ0) is 17.8. The van der Waals surface area contributed by atoms with Gasteiger partial charge in [-0.15, -0.1) is 0 Å². The first-order valence-electron chi connectivity index (χ1n) is 8.94. The number of ether oxygens (including phenoxy) is 1. The third-order valence-corrected chi connectivity index (χ3v) is 4.63. The van der Waals surface area contributed by atoms with E-state index < -0.39 is 0 Å². The molecule has 26 heavy (non-hydrogen) atoms. The lowest BCUT2D eigenvalue weighted by Crippen LogP contribution is -2.30. The molecule has 0 unspecified atom stereocenters. The predicted molar refractivity (Wildman–Crippen MR) is 96.9 cm³/mol. The molecule has 3 aromatic heterocycles. The zero-order valence-corrected chi connectivity index (χ0v) is 15.0. The molecule has 0 amide bonds. The maximum absolute atomic E-state index is 5.96. The van der Waals surface area contributed by atoms with Crippen LogP contribution in [0, 0.1) is 5.92 Å². The molecule has 0 aliphatic carbocycles. The van der Waals surface area contributed by atoms with Gasteiger partial charge in [0.2, 0.25) is 0 Å². The lowest BCUT2D eigenvalue weighted by Gasteiger charge is -2.23. The lowest BCUT2D eigenvalue weighted by atomic mass is 10.1. The summed E-state index contributed by atoms with van der Waals surface area (Å²) in [5.74, 6) is 0.386. The van der Waals surface area contributed by atoms with Gasteiger partial charge in [0.25, 0.3) is 0 Å². The molecule has 3 aromatic rings. The normalized spacial score (nSPS) is 17.8. The van der Waals surface area contributed by atoms with Crippen LogP contribution in [-0.2, 0) is 38.0 Å². The topological polar surface area (TPSA) is 61.0 Å². The van der Waals surface area contributed by atoms with E-state index in [0.29, 0.717) is 19.1 Å². The van der Waals surface area contributed by atoms with Crippen molar-refractivity contribution in [1.29, 1.82) is 0 Å². The monoisotopic (exact) mass is 352 g/mol. The standard InChI is InChI=1S/C19H24N6O/c1-23-9-16(8-22-23)10-24-11-17(12-25-19(13-24)5-7-21-25)14-26-15-18-4-2-3-6-20-18/h2-9,17H,10-15H2,1H3/t17-/m1/s1. The Morgan fingerprint density at radius 2 is 2.12 bits per heavy atom. The summed E-state index contributed by atoms with van der Waals surface area (Å²) in [7, 11) is 1.95. The maximum Gasteiger partial charge on any atom is 0.0887 e. The molecule has 0 saturated carbocycles. The average Bonchev–Trinajstić information content (AvgIpc) is 3.21. The minimum Gasteiger partial charge on any atom is -0.375 e. The van der Waals surface area contributed by atoms with E-state index in [1.54, 1.807) is 6.20 Å². The summed E-state index contributed by atoms with van der Waals surface area (Å²) in [6.07, 6.45) is 7.70. The van der Waals surface area contributed by atoms with Crippen molar-refractivity contribution in [1.82, 2.24) is 29.4 Å². The van der Waals surface area contributed by atoms with Crippen molar-refractivity contribution in [3.05, 3.63) is 66.0 Å². The molecule has 0 radical (unpaired) electrons. The van der Waals surface area contributed by atoms with Gasteiger partial charge in [0.05, 0.1) is 30.8 Å². The van der Waals surface area contributed by atoms with E-state index in [2.05, 4.69) is 37.0 Å². The highest BCUT2D eigenvalue weighted by atomic mass is 16.5. The Balaban J connectivity index is 1.40. The van der Waals surface area contributed by atoms with Crippen molar-refractivity contribution < 1.29 is 4.74 Å². The van der Waals surface area contributed by atoms with Crippen molar-refractivity contribution in [2.45, 2.75) is 26.2 Å². The van der Waals surface area contributed by atoms with E-state index in [0.717, 1.165) is 31.9 Å². The van der Waals surface area contributed by atoms with Crippen LogP contribution in [0.25, 0.3) is 0 Å². The molecular formula is C19H24N6O. The van der Waals surface area contributed by atoms with Crippen LogP contribution in [0.5, 0.6) is 0 Å². The second-order valence-corrected chi connectivity index (χ2v) is 6.90. The lowest BCUT2D eigenvalue weighted by molar-refractivity contribution is 0.0640. The number of nitrogens with zero attached hydrogens (tertiary/aromatic N) is 6. The summed E-state index contributed by atoms with van der Waals surface area (Å²) in [5.41, 5.74) is 3.45. The Morgan fingerprint density at radius 3 is 2.92 bits per heavy atom. The van der Waals surface area contributed by atoms with Crippen LogP contribution in [0.1, 0.15) is 17.0 Å². The molecule has 0 aromatic carbocycles. The molecule has 0 bridgehead atoms. The van der Waals surface area contributed by atoms with Gasteiger partial charge in [0, 0.05) is 63.3 Å². The van der Waals surface area contributed by atoms with Crippen molar-refractivity contribution >= 4 is 0 Å². The van der Waals surface area contributed by atoms with Crippen LogP contribution in [0.4, 0.5) is 0 Å². The Hall–Kier alpha value is -2.51. The van der Waals surface area contributed by atoms with E-state index in [-0.39, 0.29) is 0 Å². The number of pyridine rings is 1. The molecule has 0 spiro atoms. The van der Waals surface area contributed by atoms with Gasteiger partial charge < -0.3 is 4.74 Å². The Bertz CT molecular complexity index is 827. The van der Waals surface area contributed by atoms with E-state index in [1.165, 1.54) is 11.3 Å². The van der Waals surface area contributed by atoms with E-state index in [9.17, 15) is 0 Å². The van der Waals surface area contributed by atoms with Gasteiger partial charge in [-0.1, -0.05) is 6.07 Å². The fraction of sp³-hybridized carbons (Fsp3) is 0.421. The number of hydrogen-bond acceptors (Lipinski definition) is 5. The summed E-state index contributed by atoms with van der Waals surface area (Å²) >= 11 is 0. The Kier molecular flexibility index (Phi) is 5.08. The second kappa shape index (κ2) is 7.80. The minimum atomic E-state index is 0.386. The highest BCUT2D eigenvalue weighted by Gasteiger charge is 2.23. The minimum absolute atomic E-state index is 0.386. The third-order valence-electron chi connectivity index (χ3n) is 4.63. The van der Waals surface area contributed by atoms with Crippen LogP contribution >= 0.6 is 0 Å². The number of fused-ring (bicyclic) bond motifs is 1. The van der Waals surface area contributed by atoms with Crippen molar-refractivity contribution in [3.63, 3.8) is 0 Å². The fourth-order valence-corrected chi connectivity index (χ4v) is 3.47. The van der Waals surface area contributed by atoms with Crippen LogP contribution in [0.3, 0.4) is 0 Å². The summed E-state index contributed by atoms with van der Waals surface area (Å²) in [6, 6.07) is 8.01. The maximum atomic E-state index is 5.96. The van der Waals surface area contributed by atoms with Gasteiger partial charge >= 0.3 is 0 Å². The molecular weight excluding hydrogens is 328 g/mol. The van der Waals surface area contributed by atoms with E-state index >= 15 is 0 Å². The van der Waals surface area contributed by atoms with Crippen LogP contribution < -0.4 is 0 Å². The molecule has 1 aliphatic heterocycles. The summed E-state index contributed by atoms with van der Waals surface area (Å²) in [4.78, 5) is 6.77. The van der Waals surface area contributed by atoms with E-state index in [1.807, 2.05) is 42.3 Å². The fourth-order valence-electron chi connectivity index (χ4n) is 3.47. The molecule has 7 nitrogen and oxygen atoms in total. The Labute approximate surface area is 153 Å². The SMILES string of the molecule is Cn1cc(CN2Cc3ccnn3C[C@H](COCc3ccccn3)C2)cn1. The molecule has 0 N–H and O–H groups in total. The third kappa shape index (κ3) is 4.17. The highest BCUT2D eigenvalue weighted by molar-refractivity contribution is 5.07. The predicted octanol–water partition coefficient (Wildman–Crippen LogP) is 1.86. The van der Waals surface area contributed by atoms with Gasteiger partial charge in [-0.25, -0.2) is 0 Å². The summed E-state index contributed by atoms with van der Waals surface area (Å²) in [5, 5.41) is 8.77. The molecule has 0 saturated heterocycles. The van der Waals surface area contributed by atoms with Crippen molar-refractivity contribution in [2.75, 3.05) is 13.2 Å². The first kappa shape index (κ1) is 16.9. The summed E-state index contributed by atoms with van der Waals surface area (Å²) in [6.45, 7) is 4.88. The number of hydrogen-bond donors (Lipinski definition) is 0. The highest BCUT2D eigenvalue weighted by Crippen LogP contribution is 2.18. The van der Waals surface area contributed by atoms with Gasteiger partial charge in [0.1, 0.15) is 0 Å². The van der Waals surface area contributed by atoms with E-state index in [4.69, 9.17) is 4.74 Å². The largest absolute Gasteiger partial charge is 0.375 e. The first-order valence-corrected chi connectivity index (χ1v) is 8.94.